The smallest absolute Gasteiger partial charge is 0.356 e. The number of esters is 1. The zero-order chi connectivity index (χ0) is 14.7. The van der Waals surface area contributed by atoms with Gasteiger partial charge in [-0.3, -0.25) is 0 Å². The van der Waals surface area contributed by atoms with Gasteiger partial charge in [-0.05, 0) is 37.1 Å². The van der Waals surface area contributed by atoms with Gasteiger partial charge in [-0.15, -0.1) is 0 Å². The Balaban J connectivity index is 2.68. The van der Waals surface area contributed by atoms with E-state index in [1.807, 2.05) is 32.0 Å². The van der Waals surface area contributed by atoms with Crippen LogP contribution in [0.3, 0.4) is 0 Å². The molecule has 1 heterocycles. The van der Waals surface area contributed by atoms with E-state index >= 15 is 0 Å². The lowest BCUT2D eigenvalue weighted by atomic mass is 9.99. The van der Waals surface area contributed by atoms with Crippen molar-refractivity contribution in [2.45, 2.75) is 13.8 Å². The van der Waals surface area contributed by atoms with E-state index in [1.54, 1.807) is 19.2 Å². The molecule has 0 N–H and O–H groups in total. The third kappa shape index (κ3) is 2.50. The van der Waals surface area contributed by atoms with Crippen LogP contribution in [0, 0.1) is 13.8 Å². The first-order valence-electron chi connectivity index (χ1n) is 6.28. The van der Waals surface area contributed by atoms with Crippen molar-refractivity contribution in [1.82, 2.24) is 4.98 Å². The van der Waals surface area contributed by atoms with Gasteiger partial charge in [-0.1, -0.05) is 18.2 Å². The maximum atomic E-state index is 11.6. The molecule has 2 rings (SSSR count). The average Bonchev–Trinajstić information content (AvgIpc) is 2.46. The highest BCUT2D eigenvalue weighted by Crippen LogP contribution is 2.33. The lowest BCUT2D eigenvalue weighted by molar-refractivity contribution is 0.0594. The van der Waals surface area contributed by atoms with Gasteiger partial charge in [0.05, 0.1) is 14.2 Å². The number of ether oxygens (including phenoxy) is 2. The molecule has 0 aliphatic heterocycles. The molecule has 0 radical (unpaired) electrons. The fourth-order valence-electron chi connectivity index (χ4n) is 2.20. The van der Waals surface area contributed by atoms with Crippen molar-refractivity contribution >= 4 is 5.97 Å². The number of hydrogen-bond donors (Lipinski definition) is 0. The summed E-state index contributed by atoms with van der Waals surface area (Å²) in [6.07, 6.45) is 0. The minimum absolute atomic E-state index is 0.269. The Kier molecular flexibility index (Phi) is 4.03. The first-order chi connectivity index (χ1) is 9.58. The second kappa shape index (κ2) is 5.74. The molecule has 104 valence electrons. The zero-order valence-electron chi connectivity index (χ0n) is 12.1. The Morgan fingerprint density at radius 2 is 1.70 bits per heavy atom. The van der Waals surface area contributed by atoms with E-state index in [4.69, 9.17) is 9.47 Å². The minimum atomic E-state index is -0.458. The molecule has 0 amide bonds. The fourth-order valence-corrected chi connectivity index (χ4v) is 2.20. The molecule has 0 aliphatic rings. The van der Waals surface area contributed by atoms with E-state index in [2.05, 4.69) is 4.98 Å². The molecule has 1 aromatic heterocycles. The van der Waals surface area contributed by atoms with Crippen LogP contribution in [0.1, 0.15) is 21.6 Å². The Hall–Kier alpha value is -2.36. The normalized spacial score (nSPS) is 10.2. The molecule has 0 saturated heterocycles. The maximum absolute atomic E-state index is 11.6. The Bertz CT molecular complexity index is 630. The number of rotatable bonds is 3. The Morgan fingerprint density at radius 1 is 1.05 bits per heavy atom. The van der Waals surface area contributed by atoms with Crippen LogP contribution in [0.15, 0.2) is 30.3 Å². The number of aryl methyl sites for hydroxylation is 2. The lowest BCUT2D eigenvalue weighted by Crippen LogP contribution is -2.06. The van der Waals surface area contributed by atoms with Gasteiger partial charge in [-0.2, -0.15) is 0 Å². The molecule has 0 saturated carbocycles. The van der Waals surface area contributed by atoms with Crippen molar-refractivity contribution in [3.63, 3.8) is 0 Å². The topological polar surface area (TPSA) is 48.4 Å². The van der Waals surface area contributed by atoms with E-state index < -0.39 is 5.97 Å². The number of nitrogens with zero attached hydrogens (tertiary/aromatic N) is 1. The lowest BCUT2D eigenvalue weighted by Gasteiger charge is -2.13. The van der Waals surface area contributed by atoms with Gasteiger partial charge < -0.3 is 9.47 Å². The van der Waals surface area contributed by atoms with Crippen LogP contribution in [-0.2, 0) is 4.74 Å². The molecule has 20 heavy (non-hydrogen) atoms. The maximum Gasteiger partial charge on any atom is 0.356 e. The van der Waals surface area contributed by atoms with Gasteiger partial charge in [-0.25, -0.2) is 9.78 Å². The van der Waals surface area contributed by atoms with Crippen LogP contribution in [0.5, 0.6) is 5.75 Å². The van der Waals surface area contributed by atoms with Crippen molar-refractivity contribution in [3.05, 3.63) is 47.2 Å². The molecule has 0 spiro atoms. The van der Waals surface area contributed by atoms with Gasteiger partial charge in [0.25, 0.3) is 0 Å². The number of carbonyl (C=O) groups excluding carboxylic acids is 1. The minimum Gasteiger partial charge on any atom is -0.494 e. The van der Waals surface area contributed by atoms with Crippen LogP contribution in [0.25, 0.3) is 11.3 Å². The number of methoxy groups -OCH3 is 2. The van der Waals surface area contributed by atoms with Crippen molar-refractivity contribution in [1.29, 1.82) is 0 Å². The van der Waals surface area contributed by atoms with E-state index in [-0.39, 0.29) is 5.69 Å². The van der Waals surface area contributed by atoms with Crippen LogP contribution in [0.4, 0.5) is 0 Å². The van der Waals surface area contributed by atoms with Crippen LogP contribution >= 0.6 is 0 Å². The Labute approximate surface area is 118 Å². The molecular formula is C16H17NO3. The van der Waals surface area contributed by atoms with E-state index in [1.165, 1.54) is 7.11 Å². The van der Waals surface area contributed by atoms with Crippen molar-refractivity contribution in [2.24, 2.45) is 0 Å². The third-order valence-electron chi connectivity index (χ3n) is 3.19. The second-order valence-corrected chi connectivity index (χ2v) is 4.51. The predicted molar refractivity (Wildman–Crippen MR) is 77.0 cm³/mol. The first-order valence-corrected chi connectivity index (χ1v) is 6.28. The predicted octanol–water partition coefficient (Wildman–Crippen LogP) is 3.16. The molecule has 1 aromatic carbocycles. The summed E-state index contributed by atoms with van der Waals surface area (Å²) >= 11 is 0. The third-order valence-corrected chi connectivity index (χ3v) is 3.19. The van der Waals surface area contributed by atoms with Crippen LogP contribution in [0.2, 0.25) is 0 Å². The Morgan fingerprint density at radius 3 is 2.25 bits per heavy atom. The summed E-state index contributed by atoms with van der Waals surface area (Å²) in [5, 5.41) is 0. The van der Waals surface area contributed by atoms with Crippen molar-refractivity contribution in [2.75, 3.05) is 14.2 Å². The second-order valence-electron chi connectivity index (χ2n) is 4.51. The van der Waals surface area contributed by atoms with Gasteiger partial charge in [0.15, 0.2) is 0 Å². The molecule has 0 atom stereocenters. The summed E-state index contributed by atoms with van der Waals surface area (Å²) in [5.74, 6) is 0.176. The largest absolute Gasteiger partial charge is 0.494 e. The molecular weight excluding hydrogens is 254 g/mol. The molecule has 4 heteroatoms. The van der Waals surface area contributed by atoms with Gasteiger partial charge in [0.1, 0.15) is 17.1 Å². The highest BCUT2D eigenvalue weighted by molar-refractivity contribution is 5.88. The molecule has 0 aliphatic carbocycles. The van der Waals surface area contributed by atoms with Gasteiger partial charge in [0, 0.05) is 5.56 Å². The number of aromatic nitrogens is 1. The van der Waals surface area contributed by atoms with E-state index in [9.17, 15) is 4.79 Å². The summed E-state index contributed by atoms with van der Waals surface area (Å²) < 4.78 is 10.1. The first kappa shape index (κ1) is 14.1. The van der Waals surface area contributed by atoms with Crippen LogP contribution in [-0.4, -0.2) is 25.2 Å². The van der Waals surface area contributed by atoms with Crippen molar-refractivity contribution < 1.29 is 14.3 Å². The van der Waals surface area contributed by atoms with Crippen molar-refractivity contribution in [3.8, 4) is 17.0 Å². The summed E-state index contributed by atoms with van der Waals surface area (Å²) in [5.41, 5.74) is 4.07. The number of hydrogen-bond acceptors (Lipinski definition) is 4. The summed E-state index contributed by atoms with van der Waals surface area (Å²) in [6, 6.07) is 9.34. The number of carbonyl (C=O) groups is 1. The van der Waals surface area contributed by atoms with Crippen LogP contribution < -0.4 is 4.74 Å². The van der Waals surface area contributed by atoms with Gasteiger partial charge >= 0.3 is 5.97 Å². The standard InChI is InChI=1S/C16H17NO3/c1-10-6-5-7-11(2)14(10)15-13(19-3)9-8-12(17-15)16(18)20-4/h5-9H,1-4H3. The molecule has 0 fully saturated rings. The van der Waals surface area contributed by atoms with Gasteiger partial charge in [0.2, 0.25) is 0 Å². The quantitative estimate of drug-likeness (QED) is 0.804. The van der Waals surface area contributed by atoms with E-state index in [0.717, 1.165) is 16.7 Å². The number of pyridine rings is 1. The summed E-state index contributed by atoms with van der Waals surface area (Å²) in [4.78, 5) is 16.0. The summed E-state index contributed by atoms with van der Waals surface area (Å²) in [6.45, 7) is 4.02. The average molecular weight is 271 g/mol. The summed E-state index contributed by atoms with van der Waals surface area (Å²) in [7, 11) is 2.93. The molecule has 0 bridgehead atoms. The SMILES string of the molecule is COC(=O)c1ccc(OC)c(-c2c(C)cccc2C)n1. The molecule has 2 aromatic rings. The zero-order valence-corrected chi connectivity index (χ0v) is 12.1. The highest BCUT2D eigenvalue weighted by Gasteiger charge is 2.16. The molecule has 0 unspecified atom stereocenters. The number of benzene rings is 1. The monoisotopic (exact) mass is 271 g/mol. The molecule has 4 nitrogen and oxygen atoms in total. The fraction of sp³-hybridized carbons (Fsp3) is 0.250. The van der Waals surface area contributed by atoms with E-state index in [0.29, 0.717) is 11.4 Å². The highest BCUT2D eigenvalue weighted by atomic mass is 16.5.